The summed E-state index contributed by atoms with van der Waals surface area (Å²) in [4.78, 5) is 4.48. The zero-order valence-corrected chi connectivity index (χ0v) is 10.5. The van der Waals surface area contributed by atoms with Crippen molar-refractivity contribution in [3.63, 3.8) is 0 Å². The highest BCUT2D eigenvalue weighted by atomic mass is 14.7. The van der Waals surface area contributed by atoms with Crippen LogP contribution in [0, 0.1) is 11.8 Å². The number of nitrogens with zero attached hydrogens (tertiary/aromatic N) is 1. The van der Waals surface area contributed by atoms with Crippen LogP contribution in [0.15, 0.2) is 16.6 Å². The van der Waals surface area contributed by atoms with Gasteiger partial charge in [0.1, 0.15) is 0 Å². The summed E-state index contributed by atoms with van der Waals surface area (Å²) in [5, 5.41) is 0. The zero-order valence-electron chi connectivity index (χ0n) is 10.5. The molecule has 0 bridgehead atoms. The minimum atomic E-state index is 0.778. The van der Waals surface area contributed by atoms with Gasteiger partial charge in [0.2, 0.25) is 0 Å². The van der Waals surface area contributed by atoms with Crippen LogP contribution in [0.3, 0.4) is 0 Å². The molecule has 0 amide bonds. The topological polar surface area (TPSA) is 12.4 Å². The first-order valence-corrected chi connectivity index (χ1v) is 6.43. The quantitative estimate of drug-likeness (QED) is 0.363. The van der Waals surface area contributed by atoms with Gasteiger partial charge >= 0.3 is 0 Å². The summed E-state index contributed by atoms with van der Waals surface area (Å²) in [5.41, 5.74) is 1.66. The lowest BCUT2D eigenvalue weighted by atomic mass is 9.92. The summed E-state index contributed by atoms with van der Waals surface area (Å²) in [5.74, 6) is 1.63. The second kappa shape index (κ2) is 6.81. The van der Waals surface area contributed by atoms with E-state index in [-0.39, 0.29) is 0 Å². The fourth-order valence-corrected chi connectivity index (χ4v) is 2.42. The molecular formula is C14H25N. The van der Waals surface area contributed by atoms with E-state index in [4.69, 9.17) is 0 Å². The van der Waals surface area contributed by atoms with E-state index < -0.39 is 0 Å². The molecule has 1 nitrogen and oxygen atoms in total. The van der Waals surface area contributed by atoms with Crippen LogP contribution < -0.4 is 0 Å². The number of hydrogen-bond acceptors (Lipinski definition) is 1. The molecule has 0 aliphatic heterocycles. The molecule has 1 aliphatic carbocycles. The van der Waals surface area contributed by atoms with E-state index in [2.05, 4.69) is 38.1 Å². The smallest absolute Gasteiger partial charge is 0.0385 e. The van der Waals surface area contributed by atoms with Crippen LogP contribution in [0.2, 0.25) is 0 Å². The van der Waals surface area contributed by atoms with Crippen molar-refractivity contribution >= 4 is 6.21 Å². The molecule has 1 rings (SSSR count). The van der Waals surface area contributed by atoms with Gasteiger partial charge in [0, 0.05) is 6.54 Å². The Kier molecular flexibility index (Phi) is 5.67. The molecule has 0 radical (unpaired) electrons. The third-order valence-corrected chi connectivity index (χ3v) is 3.55. The van der Waals surface area contributed by atoms with Crippen molar-refractivity contribution in [2.75, 3.05) is 6.54 Å². The van der Waals surface area contributed by atoms with E-state index in [1.54, 1.807) is 5.57 Å². The fraction of sp³-hybridized carbons (Fsp3) is 0.786. The first-order valence-electron chi connectivity index (χ1n) is 6.43. The Morgan fingerprint density at radius 1 is 1.47 bits per heavy atom. The number of rotatable bonds is 5. The summed E-state index contributed by atoms with van der Waals surface area (Å²) < 4.78 is 0. The third-order valence-electron chi connectivity index (χ3n) is 3.55. The van der Waals surface area contributed by atoms with E-state index in [0.717, 1.165) is 24.8 Å². The molecule has 0 saturated heterocycles. The molecule has 0 spiro atoms. The number of allylic oxidation sites excluding steroid dienone is 2. The Morgan fingerprint density at radius 3 is 2.93 bits per heavy atom. The molecule has 0 unspecified atom stereocenters. The Labute approximate surface area is 94.7 Å². The van der Waals surface area contributed by atoms with E-state index >= 15 is 0 Å². The SMILES string of the molecule is CC=C1CC[C@H](C)[C@H]1CC=NCCCC. The standard InChI is InChI=1S/C14H25N/c1-4-6-10-15-11-9-14-12(3)7-8-13(14)5-2/h5,11-12,14H,4,6-10H2,1-3H3/t12-,14+/m0/s1. The summed E-state index contributed by atoms with van der Waals surface area (Å²) in [7, 11) is 0. The number of unbranched alkanes of at least 4 members (excludes halogenated alkanes) is 1. The molecule has 2 atom stereocenters. The van der Waals surface area contributed by atoms with Crippen molar-refractivity contribution in [1.29, 1.82) is 0 Å². The molecule has 0 aromatic rings. The maximum atomic E-state index is 4.48. The molecule has 15 heavy (non-hydrogen) atoms. The average Bonchev–Trinajstić information content (AvgIpc) is 2.60. The van der Waals surface area contributed by atoms with Crippen molar-refractivity contribution in [2.24, 2.45) is 16.8 Å². The Balaban J connectivity index is 2.33. The molecule has 0 heterocycles. The number of hydrogen-bond donors (Lipinski definition) is 0. The van der Waals surface area contributed by atoms with Crippen LogP contribution in [0.1, 0.15) is 52.9 Å². The molecular weight excluding hydrogens is 182 g/mol. The minimum Gasteiger partial charge on any atom is -0.298 e. The second-order valence-electron chi connectivity index (χ2n) is 4.66. The second-order valence-corrected chi connectivity index (χ2v) is 4.66. The molecule has 0 N–H and O–H groups in total. The van der Waals surface area contributed by atoms with Crippen LogP contribution in [0.4, 0.5) is 0 Å². The van der Waals surface area contributed by atoms with Gasteiger partial charge < -0.3 is 0 Å². The van der Waals surface area contributed by atoms with Crippen LogP contribution in [0.25, 0.3) is 0 Å². The van der Waals surface area contributed by atoms with Crippen LogP contribution in [0.5, 0.6) is 0 Å². The van der Waals surface area contributed by atoms with Gasteiger partial charge in [-0.2, -0.15) is 0 Å². The van der Waals surface area contributed by atoms with Crippen molar-refractivity contribution < 1.29 is 0 Å². The van der Waals surface area contributed by atoms with Gasteiger partial charge in [0.15, 0.2) is 0 Å². The normalized spacial score (nSPS) is 29.4. The first kappa shape index (κ1) is 12.5. The molecule has 1 fully saturated rings. The highest BCUT2D eigenvalue weighted by molar-refractivity contribution is 5.58. The van der Waals surface area contributed by atoms with Gasteiger partial charge in [-0.3, -0.25) is 4.99 Å². The molecule has 0 aromatic carbocycles. The summed E-state index contributed by atoms with van der Waals surface area (Å²) in [6, 6.07) is 0. The van der Waals surface area contributed by atoms with Crippen molar-refractivity contribution in [2.45, 2.75) is 52.9 Å². The minimum absolute atomic E-state index is 0.778. The van der Waals surface area contributed by atoms with E-state index in [0.29, 0.717) is 0 Å². The van der Waals surface area contributed by atoms with Crippen molar-refractivity contribution in [3.05, 3.63) is 11.6 Å². The lowest BCUT2D eigenvalue weighted by Gasteiger charge is -2.14. The summed E-state index contributed by atoms with van der Waals surface area (Å²) in [6.45, 7) is 7.78. The van der Waals surface area contributed by atoms with E-state index in [1.807, 2.05) is 0 Å². The molecule has 1 aliphatic rings. The zero-order chi connectivity index (χ0) is 11.1. The van der Waals surface area contributed by atoms with Crippen molar-refractivity contribution in [3.8, 4) is 0 Å². The van der Waals surface area contributed by atoms with Gasteiger partial charge in [0.25, 0.3) is 0 Å². The van der Waals surface area contributed by atoms with Gasteiger partial charge in [-0.15, -0.1) is 0 Å². The lowest BCUT2D eigenvalue weighted by molar-refractivity contribution is 0.474. The largest absolute Gasteiger partial charge is 0.298 e. The predicted molar refractivity (Wildman–Crippen MR) is 68.5 cm³/mol. The summed E-state index contributed by atoms with van der Waals surface area (Å²) >= 11 is 0. The highest BCUT2D eigenvalue weighted by Gasteiger charge is 2.26. The fourth-order valence-electron chi connectivity index (χ4n) is 2.42. The average molecular weight is 207 g/mol. The number of aliphatic imine (C=N–C) groups is 1. The predicted octanol–water partition coefficient (Wildman–Crippen LogP) is 4.24. The first-order chi connectivity index (χ1) is 7.29. The van der Waals surface area contributed by atoms with E-state index in [1.165, 1.54) is 25.7 Å². The maximum Gasteiger partial charge on any atom is 0.0385 e. The van der Waals surface area contributed by atoms with Gasteiger partial charge in [0.05, 0.1) is 0 Å². The third kappa shape index (κ3) is 3.81. The molecule has 1 heteroatoms. The van der Waals surface area contributed by atoms with E-state index in [9.17, 15) is 0 Å². The van der Waals surface area contributed by atoms with Crippen LogP contribution in [-0.4, -0.2) is 12.8 Å². The Hall–Kier alpha value is -0.590. The summed E-state index contributed by atoms with van der Waals surface area (Å²) in [6.07, 6.45) is 10.8. The van der Waals surface area contributed by atoms with Gasteiger partial charge in [-0.05, 0) is 50.7 Å². The van der Waals surface area contributed by atoms with Gasteiger partial charge in [-0.25, -0.2) is 0 Å². The van der Waals surface area contributed by atoms with Gasteiger partial charge in [-0.1, -0.05) is 31.9 Å². The van der Waals surface area contributed by atoms with Crippen LogP contribution >= 0.6 is 0 Å². The van der Waals surface area contributed by atoms with Crippen molar-refractivity contribution in [1.82, 2.24) is 0 Å². The lowest BCUT2D eigenvalue weighted by Crippen LogP contribution is -2.06. The monoisotopic (exact) mass is 207 g/mol. The van der Waals surface area contributed by atoms with Crippen LogP contribution in [-0.2, 0) is 0 Å². The molecule has 86 valence electrons. The maximum absolute atomic E-state index is 4.48. The Bertz CT molecular complexity index is 227. The highest BCUT2D eigenvalue weighted by Crippen LogP contribution is 2.37. The molecule has 0 aromatic heterocycles. The Morgan fingerprint density at radius 2 is 2.27 bits per heavy atom. The molecule has 1 saturated carbocycles.